The van der Waals surface area contributed by atoms with Crippen molar-refractivity contribution in [3.05, 3.63) is 57.5 Å². The molecule has 1 atom stereocenters. The van der Waals surface area contributed by atoms with Crippen LogP contribution in [0.2, 0.25) is 5.02 Å². The summed E-state index contributed by atoms with van der Waals surface area (Å²) in [6.07, 6.45) is -0.746. The predicted octanol–water partition coefficient (Wildman–Crippen LogP) is 3.61. The Morgan fingerprint density at radius 1 is 1.26 bits per heavy atom. The van der Waals surface area contributed by atoms with Crippen LogP contribution in [0.5, 0.6) is 5.75 Å². The lowest BCUT2D eigenvalue weighted by molar-refractivity contribution is -0.122. The van der Waals surface area contributed by atoms with Gasteiger partial charge in [0.1, 0.15) is 5.75 Å². The van der Waals surface area contributed by atoms with E-state index >= 15 is 0 Å². The highest BCUT2D eigenvalue weighted by Gasteiger charge is 2.16. The van der Waals surface area contributed by atoms with Gasteiger partial charge < -0.3 is 15.8 Å². The van der Waals surface area contributed by atoms with Crippen LogP contribution in [-0.4, -0.2) is 17.9 Å². The molecule has 2 amide bonds. The summed E-state index contributed by atoms with van der Waals surface area (Å²) in [5.41, 5.74) is 6.00. The van der Waals surface area contributed by atoms with Gasteiger partial charge in [0, 0.05) is 16.3 Å². The normalized spacial score (nSPS) is 11.6. The van der Waals surface area contributed by atoms with Crippen molar-refractivity contribution in [3.8, 4) is 5.75 Å². The van der Waals surface area contributed by atoms with Crippen molar-refractivity contribution < 1.29 is 14.3 Å². The molecule has 0 aliphatic heterocycles. The molecule has 0 heterocycles. The van der Waals surface area contributed by atoms with Crippen LogP contribution in [-0.2, 0) is 4.79 Å². The van der Waals surface area contributed by atoms with Crippen LogP contribution in [0, 0.1) is 0 Å². The number of halogens is 2. The first-order chi connectivity index (χ1) is 10.9. The molecule has 0 radical (unpaired) electrons. The van der Waals surface area contributed by atoms with Crippen LogP contribution in [0.4, 0.5) is 5.69 Å². The zero-order valence-electron chi connectivity index (χ0n) is 12.2. The second-order valence-corrected chi connectivity index (χ2v) is 6.06. The Labute approximate surface area is 146 Å². The maximum Gasteiger partial charge on any atom is 0.265 e. The molecule has 0 fully saturated rings. The van der Waals surface area contributed by atoms with Gasteiger partial charge in [0.15, 0.2) is 6.10 Å². The molecular formula is C16H14BrClN2O3. The quantitative estimate of drug-likeness (QED) is 0.808. The molecule has 2 rings (SSSR count). The van der Waals surface area contributed by atoms with E-state index in [0.29, 0.717) is 26.5 Å². The molecule has 120 valence electrons. The lowest BCUT2D eigenvalue weighted by Gasteiger charge is -2.16. The van der Waals surface area contributed by atoms with Crippen molar-refractivity contribution in [2.45, 2.75) is 13.0 Å². The molecule has 0 saturated heterocycles. The van der Waals surface area contributed by atoms with E-state index in [1.807, 2.05) is 0 Å². The summed E-state index contributed by atoms with van der Waals surface area (Å²) in [5.74, 6) is -0.410. The largest absolute Gasteiger partial charge is 0.480 e. The number of carbonyl (C=O) groups excluding carboxylic acids is 2. The van der Waals surface area contributed by atoms with Crippen LogP contribution in [0.1, 0.15) is 17.3 Å². The van der Waals surface area contributed by atoms with E-state index in [2.05, 4.69) is 21.2 Å². The zero-order chi connectivity index (χ0) is 17.0. The fraction of sp³-hybridized carbons (Fsp3) is 0.125. The standard InChI is InChI=1S/C16H14BrClN2O3/c1-9(23-14-6-5-11(18)8-13(14)17)16(22)20-12-4-2-3-10(7-12)15(19)21/h2-9H,1H3,(H2,19,21)(H,20,22). The summed E-state index contributed by atoms with van der Waals surface area (Å²) in [7, 11) is 0. The number of primary amides is 1. The van der Waals surface area contributed by atoms with E-state index in [-0.39, 0.29) is 5.91 Å². The molecule has 0 aliphatic carbocycles. The second-order valence-electron chi connectivity index (χ2n) is 4.77. The fourth-order valence-electron chi connectivity index (χ4n) is 1.81. The maximum absolute atomic E-state index is 12.2. The van der Waals surface area contributed by atoms with E-state index in [4.69, 9.17) is 22.1 Å². The number of anilines is 1. The highest BCUT2D eigenvalue weighted by atomic mass is 79.9. The summed E-state index contributed by atoms with van der Waals surface area (Å²) in [6, 6.07) is 11.4. The van der Waals surface area contributed by atoms with Crippen LogP contribution in [0.15, 0.2) is 46.9 Å². The number of amides is 2. The highest BCUT2D eigenvalue weighted by Crippen LogP contribution is 2.28. The monoisotopic (exact) mass is 396 g/mol. The first-order valence-corrected chi connectivity index (χ1v) is 7.86. The maximum atomic E-state index is 12.2. The number of nitrogens with two attached hydrogens (primary N) is 1. The van der Waals surface area contributed by atoms with Crippen molar-refractivity contribution in [2.24, 2.45) is 5.73 Å². The van der Waals surface area contributed by atoms with Crippen molar-refractivity contribution in [3.63, 3.8) is 0 Å². The number of rotatable bonds is 5. The van der Waals surface area contributed by atoms with Gasteiger partial charge in [-0.2, -0.15) is 0 Å². The highest BCUT2D eigenvalue weighted by molar-refractivity contribution is 9.10. The van der Waals surface area contributed by atoms with Crippen LogP contribution >= 0.6 is 27.5 Å². The predicted molar refractivity (Wildman–Crippen MR) is 92.8 cm³/mol. The second kappa shape index (κ2) is 7.48. The van der Waals surface area contributed by atoms with Gasteiger partial charge in [0.25, 0.3) is 5.91 Å². The van der Waals surface area contributed by atoms with E-state index < -0.39 is 12.0 Å². The molecule has 2 aromatic carbocycles. The lowest BCUT2D eigenvalue weighted by Crippen LogP contribution is -2.30. The van der Waals surface area contributed by atoms with Gasteiger partial charge in [-0.15, -0.1) is 0 Å². The third-order valence-corrected chi connectivity index (χ3v) is 3.84. The van der Waals surface area contributed by atoms with Gasteiger partial charge in [-0.25, -0.2) is 0 Å². The van der Waals surface area contributed by atoms with Gasteiger partial charge >= 0.3 is 0 Å². The third kappa shape index (κ3) is 4.71. The summed E-state index contributed by atoms with van der Waals surface area (Å²) in [5, 5.41) is 3.23. The van der Waals surface area contributed by atoms with Gasteiger partial charge in [0.2, 0.25) is 5.91 Å². The van der Waals surface area contributed by atoms with E-state index in [0.717, 1.165) is 0 Å². The topological polar surface area (TPSA) is 81.4 Å². The van der Waals surface area contributed by atoms with Crippen LogP contribution in [0.25, 0.3) is 0 Å². The molecule has 3 N–H and O–H groups in total. The van der Waals surface area contributed by atoms with Crippen molar-refractivity contribution in [2.75, 3.05) is 5.32 Å². The lowest BCUT2D eigenvalue weighted by atomic mass is 10.2. The number of benzene rings is 2. The van der Waals surface area contributed by atoms with Crippen LogP contribution < -0.4 is 15.8 Å². The van der Waals surface area contributed by atoms with Crippen molar-refractivity contribution in [1.82, 2.24) is 0 Å². The smallest absolute Gasteiger partial charge is 0.265 e. The minimum Gasteiger partial charge on any atom is -0.480 e. The first kappa shape index (κ1) is 17.3. The molecule has 0 saturated carbocycles. The summed E-state index contributed by atoms with van der Waals surface area (Å²) >= 11 is 9.19. The molecule has 23 heavy (non-hydrogen) atoms. The minimum atomic E-state index is -0.746. The molecule has 0 bridgehead atoms. The van der Waals surface area contributed by atoms with E-state index in [1.165, 1.54) is 6.07 Å². The summed E-state index contributed by atoms with van der Waals surface area (Å²) in [4.78, 5) is 23.3. The molecule has 0 spiro atoms. The average molecular weight is 398 g/mol. The van der Waals surface area contributed by atoms with E-state index in [9.17, 15) is 9.59 Å². The summed E-state index contributed by atoms with van der Waals surface area (Å²) < 4.78 is 6.26. The molecule has 5 nitrogen and oxygen atoms in total. The number of nitrogens with one attached hydrogen (secondary N) is 1. The number of hydrogen-bond donors (Lipinski definition) is 2. The molecule has 2 aromatic rings. The number of ether oxygens (including phenoxy) is 1. The number of hydrogen-bond acceptors (Lipinski definition) is 3. The Hall–Kier alpha value is -2.05. The van der Waals surface area contributed by atoms with Crippen molar-refractivity contribution >= 4 is 45.0 Å². The average Bonchev–Trinajstić information content (AvgIpc) is 2.50. The summed E-state index contributed by atoms with van der Waals surface area (Å²) in [6.45, 7) is 1.62. The third-order valence-electron chi connectivity index (χ3n) is 2.98. The number of carbonyl (C=O) groups is 2. The van der Waals surface area contributed by atoms with Gasteiger partial charge in [-0.05, 0) is 59.3 Å². The molecule has 1 unspecified atom stereocenters. The van der Waals surface area contributed by atoms with Gasteiger partial charge in [-0.3, -0.25) is 9.59 Å². The Balaban J connectivity index is 2.05. The molecule has 0 aliphatic rings. The van der Waals surface area contributed by atoms with Crippen LogP contribution in [0.3, 0.4) is 0 Å². The SMILES string of the molecule is CC(Oc1ccc(Cl)cc1Br)C(=O)Nc1cccc(C(N)=O)c1. The first-order valence-electron chi connectivity index (χ1n) is 6.69. The Morgan fingerprint density at radius 2 is 2.00 bits per heavy atom. The van der Waals surface area contributed by atoms with Gasteiger partial charge in [-0.1, -0.05) is 17.7 Å². The van der Waals surface area contributed by atoms with Gasteiger partial charge in [0.05, 0.1) is 4.47 Å². The Morgan fingerprint density at radius 3 is 2.65 bits per heavy atom. The molecule has 0 aromatic heterocycles. The fourth-order valence-corrected chi connectivity index (χ4v) is 2.59. The van der Waals surface area contributed by atoms with Crippen molar-refractivity contribution in [1.29, 1.82) is 0 Å². The zero-order valence-corrected chi connectivity index (χ0v) is 14.5. The minimum absolute atomic E-state index is 0.316. The Bertz CT molecular complexity index is 752. The van der Waals surface area contributed by atoms with E-state index in [1.54, 1.807) is 43.3 Å². The molecule has 7 heteroatoms. The molecular weight excluding hydrogens is 384 g/mol. The Kier molecular flexibility index (Phi) is 5.63.